The van der Waals surface area contributed by atoms with Crippen molar-refractivity contribution in [2.24, 2.45) is 5.73 Å². The molecule has 1 aliphatic rings. The van der Waals surface area contributed by atoms with Crippen LogP contribution in [0.5, 0.6) is 5.75 Å². The number of benzene rings is 2. The van der Waals surface area contributed by atoms with Crippen molar-refractivity contribution >= 4 is 17.5 Å². The van der Waals surface area contributed by atoms with Gasteiger partial charge in [0, 0.05) is 30.4 Å². The molecule has 0 unspecified atom stereocenters. The van der Waals surface area contributed by atoms with Crippen LogP contribution in [0.2, 0.25) is 0 Å². The van der Waals surface area contributed by atoms with Crippen LogP contribution in [0.3, 0.4) is 0 Å². The van der Waals surface area contributed by atoms with Gasteiger partial charge in [-0.1, -0.05) is 24.3 Å². The van der Waals surface area contributed by atoms with Gasteiger partial charge in [-0.25, -0.2) is 8.78 Å². The van der Waals surface area contributed by atoms with Crippen molar-refractivity contribution in [3.05, 3.63) is 89.2 Å². The average molecular weight is 483 g/mol. The number of hydrogen-bond acceptors (Lipinski definition) is 5. The molecule has 2 heterocycles. The maximum atomic E-state index is 13.6. The van der Waals surface area contributed by atoms with Crippen LogP contribution in [0.1, 0.15) is 47.4 Å². The first-order valence-corrected chi connectivity index (χ1v) is 11.1. The molecular weight excluding hydrogens is 454 g/mol. The summed E-state index contributed by atoms with van der Waals surface area (Å²) in [6.45, 7) is -1.58. The Morgan fingerprint density at radius 3 is 2.66 bits per heavy atom. The second-order valence-corrected chi connectivity index (χ2v) is 8.38. The number of pyridine rings is 1. The third kappa shape index (κ3) is 6.83. The van der Waals surface area contributed by atoms with Gasteiger partial charge in [0.2, 0.25) is 5.91 Å². The molecule has 2 amide bonds. The predicted octanol–water partition coefficient (Wildman–Crippen LogP) is 4.24. The summed E-state index contributed by atoms with van der Waals surface area (Å²) < 4.78 is 49.3. The van der Waals surface area contributed by atoms with Crippen molar-refractivity contribution in [3.8, 4) is 5.75 Å². The Bertz CT molecular complexity index is 1290. The lowest BCUT2D eigenvalue weighted by Crippen LogP contribution is -2.41. The molecule has 4 rings (SSSR count). The largest absolute Gasteiger partial charge is 0.487 e. The number of nitrogens with one attached hydrogen (secondary N) is 1. The van der Waals surface area contributed by atoms with E-state index in [-0.39, 0.29) is 29.8 Å². The summed E-state index contributed by atoms with van der Waals surface area (Å²) in [4.78, 5) is 29.6. The van der Waals surface area contributed by atoms with Gasteiger partial charge in [0.1, 0.15) is 12.3 Å². The zero-order chi connectivity index (χ0) is 26.6. The Morgan fingerprint density at radius 2 is 1.91 bits per heavy atom. The molecule has 0 atom stereocenters. The lowest BCUT2D eigenvalue weighted by atomic mass is 10.1. The molecular formula is C26H26F2N4O3. The van der Waals surface area contributed by atoms with Crippen LogP contribution in [0.4, 0.5) is 14.5 Å². The number of ether oxygens (including phenoxy) is 1. The van der Waals surface area contributed by atoms with Gasteiger partial charge in [-0.2, -0.15) is 0 Å². The Kier molecular flexibility index (Phi) is 6.57. The second-order valence-electron chi connectivity index (χ2n) is 8.38. The molecule has 0 radical (unpaired) electrons. The quantitative estimate of drug-likeness (QED) is 0.501. The van der Waals surface area contributed by atoms with Gasteiger partial charge >= 0.3 is 0 Å². The number of aromatic nitrogens is 1. The minimum atomic E-state index is -2.67. The van der Waals surface area contributed by atoms with E-state index in [2.05, 4.69) is 10.3 Å². The minimum Gasteiger partial charge on any atom is -0.487 e. The highest BCUT2D eigenvalue weighted by Crippen LogP contribution is 2.27. The van der Waals surface area contributed by atoms with Gasteiger partial charge in [0.15, 0.2) is 0 Å². The number of carbonyl (C=O) groups is 2. The summed E-state index contributed by atoms with van der Waals surface area (Å²) in [5.74, 6) is -3.78. The second kappa shape index (κ2) is 10.6. The summed E-state index contributed by atoms with van der Waals surface area (Å²) in [5, 5.41) is 2.73. The monoisotopic (exact) mass is 482 g/mol. The SMILES string of the molecule is [2H]C([2H])(Oc1cncc(C(N)=O)c1)c1cccc(NC(=O)c2ccc(CN3CCCC(F)(F)C3)cc2)c1. The summed E-state index contributed by atoms with van der Waals surface area (Å²) in [5.41, 5.74) is 6.98. The van der Waals surface area contributed by atoms with E-state index in [1.165, 1.54) is 30.6 Å². The van der Waals surface area contributed by atoms with E-state index in [0.717, 1.165) is 5.56 Å². The number of likely N-dealkylation sites (tertiary alicyclic amines) is 1. The van der Waals surface area contributed by atoms with E-state index in [4.69, 9.17) is 13.2 Å². The van der Waals surface area contributed by atoms with E-state index in [0.29, 0.717) is 30.8 Å². The van der Waals surface area contributed by atoms with Crippen LogP contribution in [0.15, 0.2) is 67.0 Å². The van der Waals surface area contributed by atoms with Gasteiger partial charge in [-0.15, -0.1) is 0 Å². The number of anilines is 1. The number of nitrogens with two attached hydrogens (primary N) is 1. The smallest absolute Gasteiger partial charge is 0.260 e. The zero-order valence-corrected chi connectivity index (χ0v) is 18.8. The number of amides is 2. The van der Waals surface area contributed by atoms with E-state index in [1.807, 2.05) is 0 Å². The van der Waals surface area contributed by atoms with Crippen LogP contribution in [-0.2, 0) is 13.1 Å². The molecule has 0 bridgehead atoms. The van der Waals surface area contributed by atoms with Gasteiger partial charge in [-0.05, 0) is 54.4 Å². The molecule has 7 nitrogen and oxygen atoms in total. The summed E-state index contributed by atoms with van der Waals surface area (Å²) >= 11 is 0. The number of hydrogen-bond donors (Lipinski definition) is 2. The number of alkyl halides is 2. The van der Waals surface area contributed by atoms with Crippen LogP contribution in [0, 0.1) is 0 Å². The zero-order valence-electron chi connectivity index (χ0n) is 20.8. The fourth-order valence-corrected chi connectivity index (χ4v) is 3.79. The molecule has 1 aromatic heterocycles. The van der Waals surface area contributed by atoms with E-state index >= 15 is 0 Å². The molecule has 0 saturated carbocycles. The highest BCUT2D eigenvalue weighted by atomic mass is 19.3. The van der Waals surface area contributed by atoms with Crippen LogP contribution < -0.4 is 15.8 Å². The Morgan fingerprint density at radius 1 is 1.11 bits per heavy atom. The fraction of sp³-hybridized carbons (Fsp3) is 0.269. The Hall–Kier alpha value is -3.85. The minimum absolute atomic E-state index is 0.0177. The normalized spacial score (nSPS) is 16.6. The molecule has 1 saturated heterocycles. The Balaban J connectivity index is 1.40. The summed E-state index contributed by atoms with van der Waals surface area (Å²) in [6.07, 6.45) is 2.87. The van der Waals surface area contributed by atoms with Gasteiger partial charge in [0.05, 0.1) is 21.0 Å². The number of nitrogens with zero attached hydrogens (tertiary/aromatic N) is 2. The molecule has 1 aliphatic heterocycles. The molecule has 35 heavy (non-hydrogen) atoms. The first kappa shape index (κ1) is 21.7. The van der Waals surface area contributed by atoms with E-state index < -0.39 is 24.3 Å². The Labute approximate surface area is 204 Å². The van der Waals surface area contributed by atoms with Gasteiger partial charge in [-0.3, -0.25) is 19.5 Å². The van der Waals surface area contributed by atoms with Crippen LogP contribution >= 0.6 is 0 Å². The maximum absolute atomic E-state index is 13.6. The van der Waals surface area contributed by atoms with Crippen LogP contribution in [0.25, 0.3) is 0 Å². The molecule has 182 valence electrons. The molecule has 0 aliphatic carbocycles. The van der Waals surface area contributed by atoms with E-state index in [1.54, 1.807) is 41.3 Å². The van der Waals surface area contributed by atoms with Crippen molar-refractivity contribution in [1.82, 2.24) is 9.88 Å². The third-order valence-electron chi connectivity index (χ3n) is 5.50. The van der Waals surface area contributed by atoms with Crippen molar-refractivity contribution in [1.29, 1.82) is 0 Å². The topological polar surface area (TPSA) is 97.5 Å². The van der Waals surface area contributed by atoms with Crippen molar-refractivity contribution < 1.29 is 25.8 Å². The average Bonchev–Trinajstić information content (AvgIpc) is 2.84. The third-order valence-corrected chi connectivity index (χ3v) is 5.50. The number of rotatable bonds is 8. The standard InChI is InChI=1S/C26H26F2N4O3/c27-26(28)9-2-10-32(17-26)15-18-5-7-20(8-6-18)25(34)31-22-4-1-3-19(11-22)16-35-23-12-21(24(29)33)13-30-14-23/h1,3-8,11-14H,2,9-10,15-17H2,(H2,29,33)(H,31,34)/i16D2. The first-order chi connectivity index (χ1) is 17.5. The fourth-order valence-electron chi connectivity index (χ4n) is 3.79. The number of piperidine rings is 1. The highest BCUT2D eigenvalue weighted by Gasteiger charge is 2.34. The first-order valence-electron chi connectivity index (χ1n) is 12.1. The highest BCUT2D eigenvalue weighted by molar-refractivity contribution is 6.04. The van der Waals surface area contributed by atoms with Crippen molar-refractivity contribution in [3.63, 3.8) is 0 Å². The lowest BCUT2D eigenvalue weighted by Gasteiger charge is -2.32. The molecule has 0 spiro atoms. The summed E-state index contributed by atoms with van der Waals surface area (Å²) in [6, 6.07) is 14.1. The molecule has 1 fully saturated rings. The molecule has 9 heteroatoms. The maximum Gasteiger partial charge on any atom is 0.260 e. The summed E-state index contributed by atoms with van der Waals surface area (Å²) in [7, 11) is 0. The lowest BCUT2D eigenvalue weighted by molar-refractivity contribution is -0.0661. The number of halogens is 2. The van der Waals surface area contributed by atoms with Crippen LogP contribution in [-0.4, -0.2) is 40.7 Å². The molecule has 3 aromatic rings. The molecule has 3 N–H and O–H groups in total. The molecule has 2 aromatic carbocycles. The van der Waals surface area contributed by atoms with Crippen molar-refractivity contribution in [2.45, 2.75) is 31.9 Å². The van der Waals surface area contributed by atoms with Crippen molar-refractivity contribution in [2.75, 3.05) is 18.4 Å². The predicted molar refractivity (Wildman–Crippen MR) is 127 cm³/mol. The van der Waals surface area contributed by atoms with E-state index in [9.17, 15) is 18.4 Å². The van der Waals surface area contributed by atoms with Gasteiger partial charge in [0.25, 0.3) is 11.8 Å². The number of carbonyl (C=O) groups excluding carboxylic acids is 2. The van der Waals surface area contributed by atoms with Gasteiger partial charge < -0.3 is 15.8 Å². The number of primary amides is 1.